The predicted octanol–water partition coefficient (Wildman–Crippen LogP) is 15.8. The summed E-state index contributed by atoms with van der Waals surface area (Å²) in [5.74, 6) is -0.235. The molecule has 2 nitrogen and oxygen atoms in total. The topological polar surface area (TPSA) is 8.17 Å². The Hall–Kier alpha value is -7.27. The van der Waals surface area contributed by atoms with E-state index >= 15 is 0 Å². The van der Waals surface area contributed by atoms with Gasteiger partial charge in [0, 0.05) is 53.4 Å². The average molecular weight is 763 g/mol. The minimum atomic E-state index is -0.235. The largest absolute Gasteiger partial charge is 0.310 e. The molecule has 11 aromatic rings. The Balaban J connectivity index is 1.04. The van der Waals surface area contributed by atoms with Crippen molar-refractivity contribution in [1.29, 1.82) is 0 Å². The molecule has 11 rings (SSSR count). The molecule has 9 aromatic carbocycles. The van der Waals surface area contributed by atoms with Crippen LogP contribution in [0.15, 0.2) is 212 Å². The number of para-hydroxylation sites is 3. The Bertz CT molecular complexity index is 3290. The van der Waals surface area contributed by atoms with Crippen LogP contribution in [-0.2, 0) is 0 Å². The van der Waals surface area contributed by atoms with Crippen molar-refractivity contribution in [3.8, 4) is 39.1 Å². The second kappa shape index (κ2) is 14.0. The number of nitrogens with zero attached hydrogens (tertiary/aromatic N) is 2. The van der Waals surface area contributed by atoms with Crippen LogP contribution in [0.4, 0.5) is 21.5 Å². The summed E-state index contributed by atoms with van der Waals surface area (Å²) >= 11 is 1.86. The van der Waals surface area contributed by atoms with E-state index in [4.69, 9.17) is 0 Å². The van der Waals surface area contributed by atoms with E-state index in [1.807, 2.05) is 29.5 Å². The highest BCUT2D eigenvalue weighted by atomic mass is 32.1. The van der Waals surface area contributed by atoms with Gasteiger partial charge in [0.05, 0.1) is 22.4 Å². The van der Waals surface area contributed by atoms with Crippen LogP contribution in [0.25, 0.3) is 81.0 Å². The minimum absolute atomic E-state index is 0.235. The van der Waals surface area contributed by atoms with Gasteiger partial charge in [-0.25, -0.2) is 4.39 Å². The van der Waals surface area contributed by atoms with E-state index in [2.05, 4.69) is 191 Å². The summed E-state index contributed by atoms with van der Waals surface area (Å²) in [6.07, 6.45) is 0. The van der Waals surface area contributed by atoms with E-state index in [9.17, 15) is 4.39 Å². The molecule has 2 aromatic heterocycles. The van der Waals surface area contributed by atoms with Crippen LogP contribution in [0, 0.1) is 5.82 Å². The first-order valence-electron chi connectivity index (χ1n) is 19.5. The molecule has 0 spiro atoms. The first kappa shape index (κ1) is 34.0. The van der Waals surface area contributed by atoms with Gasteiger partial charge in [0.2, 0.25) is 0 Å². The van der Waals surface area contributed by atoms with E-state index in [0.717, 1.165) is 66.8 Å². The zero-order chi connectivity index (χ0) is 38.6. The molecule has 2 heterocycles. The standard InChI is InChI=1S/C54H35FN2S/c55-39-29-34-52-48(35-39)45-17-6-10-23-51(45)57(52)50-22-9-5-16-43(50)37-25-30-40(31-26-37)56(49-21-8-4-15-42(49)36-13-2-1-3-14-36)41-32-27-38(28-33-41)44-19-12-20-47-46-18-7-11-24-53(46)58-54(44)47/h1-35H. The molecule has 0 N–H and O–H groups in total. The molecule has 0 saturated carbocycles. The number of fused-ring (bicyclic) bond motifs is 6. The molecule has 0 aliphatic heterocycles. The summed E-state index contributed by atoms with van der Waals surface area (Å²) in [6.45, 7) is 0. The highest BCUT2D eigenvalue weighted by Gasteiger charge is 2.20. The lowest BCUT2D eigenvalue weighted by Gasteiger charge is -2.28. The zero-order valence-electron chi connectivity index (χ0n) is 31.4. The number of benzene rings is 9. The molecule has 0 fully saturated rings. The monoisotopic (exact) mass is 762 g/mol. The van der Waals surface area contributed by atoms with Crippen LogP contribution in [0.2, 0.25) is 0 Å². The van der Waals surface area contributed by atoms with E-state index in [0.29, 0.717) is 0 Å². The number of anilines is 3. The van der Waals surface area contributed by atoms with Crippen LogP contribution in [0.3, 0.4) is 0 Å². The number of thiophene rings is 1. The number of hydrogen-bond acceptors (Lipinski definition) is 2. The number of aromatic nitrogens is 1. The maximum absolute atomic E-state index is 14.6. The number of hydrogen-bond donors (Lipinski definition) is 0. The molecule has 0 bridgehead atoms. The van der Waals surface area contributed by atoms with Crippen molar-refractivity contribution in [3.63, 3.8) is 0 Å². The lowest BCUT2D eigenvalue weighted by atomic mass is 9.99. The Morgan fingerprint density at radius 1 is 0.397 bits per heavy atom. The quantitative estimate of drug-likeness (QED) is 0.157. The highest BCUT2D eigenvalue weighted by molar-refractivity contribution is 7.26. The van der Waals surface area contributed by atoms with Gasteiger partial charge < -0.3 is 9.47 Å². The molecule has 274 valence electrons. The van der Waals surface area contributed by atoms with Gasteiger partial charge in [-0.1, -0.05) is 146 Å². The van der Waals surface area contributed by atoms with Crippen molar-refractivity contribution >= 4 is 70.4 Å². The first-order chi connectivity index (χ1) is 28.7. The third-order valence-electron chi connectivity index (χ3n) is 11.3. The van der Waals surface area contributed by atoms with Gasteiger partial charge in [-0.15, -0.1) is 11.3 Å². The summed E-state index contributed by atoms with van der Waals surface area (Å²) < 4.78 is 19.4. The molecule has 0 atom stereocenters. The van der Waals surface area contributed by atoms with Crippen molar-refractivity contribution in [2.24, 2.45) is 0 Å². The summed E-state index contributed by atoms with van der Waals surface area (Å²) in [7, 11) is 0. The van der Waals surface area contributed by atoms with Crippen molar-refractivity contribution in [2.45, 2.75) is 0 Å². The Morgan fingerprint density at radius 2 is 0.966 bits per heavy atom. The fourth-order valence-corrected chi connectivity index (χ4v) is 9.87. The van der Waals surface area contributed by atoms with Crippen LogP contribution in [-0.4, -0.2) is 4.57 Å². The fourth-order valence-electron chi connectivity index (χ4n) is 8.63. The molecule has 0 amide bonds. The van der Waals surface area contributed by atoms with E-state index < -0.39 is 0 Å². The first-order valence-corrected chi connectivity index (χ1v) is 20.4. The van der Waals surface area contributed by atoms with Crippen molar-refractivity contribution in [2.75, 3.05) is 4.90 Å². The second-order valence-electron chi connectivity index (χ2n) is 14.6. The predicted molar refractivity (Wildman–Crippen MR) is 245 cm³/mol. The maximum Gasteiger partial charge on any atom is 0.123 e. The third-order valence-corrected chi connectivity index (χ3v) is 12.5. The number of rotatable bonds is 7. The van der Waals surface area contributed by atoms with Crippen LogP contribution in [0.1, 0.15) is 0 Å². The lowest BCUT2D eigenvalue weighted by Crippen LogP contribution is -2.11. The van der Waals surface area contributed by atoms with Gasteiger partial charge in [0.1, 0.15) is 5.82 Å². The van der Waals surface area contributed by atoms with Gasteiger partial charge in [0.25, 0.3) is 0 Å². The Morgan fingerprint density at radius 3 is 1.76 bits per heavy atom. The maximum atomic E-state index is 14.6. The lowest BCUT2D eigenvalue weighted by molar-refractivity contribution is 0.629. The molecule has 4 heteroatoms. The number of halogens is 1. The molecule has 0 saturated heterocycles. The molecule has 0 unspecified atom stereocenters. The highest BCUT2D eigenvalue weighted by Crippen LogP contribution is 2.44. The van der Waals surface area contributed by atoms with E-state index in [1.165, 1.54) is 31.3 Å². The summed E-state index contributed by atoms with van der Waals surface area (Å²) in [6, 6.07) is 74.3. The van der Waals surface area contributed by atoms with Crippen LogP contribution in [0.5, 0.6) is 0 Å². The van der Waals surface area contributed by atoms with Gasteiger partial charge >= 0.3 is 0 Å². The average Bonchev–Trinajstić information content (AvgIpc) is 3.83. The van der Waals surface area contributed by atoms with Crippen molar-refractivity contribution in [3.05, 3.63) is 218 Å². The van der Waals surface area contributed by atoms with Crippen LogP contribution >= 0.6 is 11.3 Å². The summed E-state index contributed by atoms with van der Waals surface area (Å²) in [5.41, 5.74) is 13.2. The summed E-state index contributed by atoms with van der Waals surface area (Å²) in [4.78, 5) is 2.36. The molecular weight excluding hydrogens is 728 g/mol. The molecule has 58 heavy (non-hydrogen) atoms. The Kier molecular flexibility index (Phi) is 8.23. The molecule has 0 radical (unpaired) electrons. The van der Waals surface area contributed by atoms with Gasteiger partial charge in [0.15, 0.2) is 0 Å². The zero-order valence-corrected chi connectivity index (χ0v) is 32.2. The van der Waals surface area contributed by atoms with Crippen LogP contribution < -0.4 is 4.90 Å². The van der Waals surface area contributed by atoms with Gasteiger partial charge in [-0.2, -0.15) is 0 Å². The minimum Gasteiger partial charge on any atom is -0.310 e. The third kappa shape index (κ3) is 5.69. The summed E-state index contributed by atoms with van der Waals surface area (Å²) in [5, 5.41) is 4.54. The van der Waals surface area contributed by atoms with Crippen molar-refractivity contribution < 1.29 is 4.39 Å². The normalized spacial score (nSPS) is 11.5. The Labute approximate surface area is 339 Å². The second-order valence-corrected chi connectivity index (χ2v) is 15.7. The molecule has 0 aliphatic carbocycles. The van der Waals surface area contributed by atoms with E-state index in [-0.39, 0.29) is 5.82 Å². The SMILES string of the molecule is Fc1ccc2c(c1)c1ccccc1n2-c1ccccc1-c1ccc(N(c2ccc(-c3cccc4c3sc3ccccc34)cc2)c2ccccc2-c2ccccc2)cc1. The van der Waals surface area contributed by atoms with Crippen molar-refractivity contribution in [1.82, 2.24) is 4.57 Å². The smallest absolute Gasteiger partial charge is 0.123 e. The van der Waals surface area contributed by atoms with Gasteiger partial charge in [-0.05, 0) is 89.0 Å². The molecular formula is C54H35FN2S. The van der Waals surface area contributed by atoms with Gasteiger partial charge in [-0.3, -0.25) is 0 Å². The molecule has 0 aliphatic rings. The van der Waals surface area contributed by atoms with E-state index in [1.54, 1.807) is 12.1 Å². The fraction of sp³-hybridized carbons (Fsp3) is 0.